The van der Waals surface area contributed by atoms with Crippen LogP contribution in [0.4, 0.5) is 5.82 Å². The summed E-state index contributed by atoms with van der Waals surface area (Å²) in [6.07, 6.45) is 3.93. The molecule has 1 atom stereocenters. The smallest absolute Gasteiger partial charge is 0.264 e. The van der Waals surface area contributed by atoms with Crippen molar-refractivity contribution >= 4 is 39.0 Å². The molecule has 1 heterocycles. The van der Waals surface area contributed by atoms with Gasteiger partial charge in [0.05, 0.1) is 11.1 Å². The van der Waals surface area contributed by atoms with E-state index in [0.29, 0.717) is 16.5 Å². The summed E-state index contributed by atoms with van der Waals surface area (Å²) in [5, 5.41) is 0.455. The number of hydrogen-bond acceptors (Lipinski definition) is 4. The number of nitrogens with zero attached hydrogens (tertiary/aromatic N) is 1. The van der Waals surface area contributed by atoms with Gasteiger partial charge in [-0.2, -0.15) is 0 Å². The number of benzene rings is 1. The second-order valence-electron chi connectivity index (χ2n) is 6.11. The molecule has 1 fully saturated rings. The van der Waals surface area contributed by atoms with Crippen molar-refractivity contribution in [2.75, 3.05) is 11.8 Å². The molecule has 1 aliphatic carbocycles. The van der Waals surface area contributed by atoms with Gasteiger partial charge in [-0.15, -0.1) is 0 Å². The van der Waals surface area contributed by atoms with E-state index in [-0.39, 0.29) is 21.8 Å². The van der Waals surface area contributed by atoms with Crippen LogP contribution in [0.15, 0.2) is 35.4 Å². The Hall–Kier alpha value is -1.34. The molecule has 0 spiro atoms. The maximum atomic E-state index is 12.6. The van der Waals surface area contributed by atoms with Crippen molar-refractivity contribution in [3.63, 3.8) is 0 Å². The van der Waals surface area contributed by atoms with E-state index in [0.717, 1.165) is 18.4 Å². The van der Waals surface area contributed by atoms with E-state index in [1.165, 1.54) is 6.07 Å². The van der Waals surface area contributed by atoms with Gasteiger partial charge >= 0.3 is 0 Å². The van der Waals surface area contributed by atoms with E-state index >= 15 is 0 Å². The number of halogens is 2. The van der Waals surface area contributed by atoms with Crippen LogP contribution >= 0.6 is 23.2 Å². The Kier molecular flexibility index (Phi) is 5.25. The number of methoxy groups -OCH3 is 1. The number of pyridine rings is 1. The van der Waals surface area contributed by atoms with Crippen LogP contribution in [0.1, 0.15) is 30.1 Å². The minimum atomic E-state index is -3.87. The highest BCUT2D eigenvalue weighted by Crippen LogP contribution is 2.42. The van der Waals surface area contributed by atoms with Gasteiger partial charge in [0.1, 0.15) is 10.7 Å². The Morgan fingerprint density at radius 3 is 2.52 bits per heavy atom. The van der Waals surface area contributed by atoms with E-state index in [1.807, 2.05) is 6.07 Å². The lowest BCUT2D eigenvalue weighted by Gasteiger charge is -2.15. The molecular weight excluding hydrogens is 383 g/mol. The zero-order valence-corrected chi connectivity index (χ0v) is 16.1. The topological polar surface area (TPSA) is 68.3 Å². The molecule has 8 heteroatoms. The molecule has 1 saturated carbocycles. The van der Waals surface area contributed by atoms with Gasteiger partial charge in [0.2, 0.25) is 0 Å². The standard InChI is InChI=1S/C17H18Cl2N2O3S/c1-10-7-13(18)8-14(19)17(10)25(22,23)21-15-6-5-12(9-20-15)16(24-2)11-3-4-11/h5-9,11,16H,3-4H2,1-2H3,(H,20,21). The molecule has 1 aromatic heterocycles. The number of anilines is 1. The number of hydrogen-bond donors (Lipinski definition) is 1. The summed E-state index contributed by atoms with van der Waals surface area (Å²) in [5.74, 6) is 0.740. The lowest BCUT2D eigenvalue weighted by atomic mass is 10.1. The molecule has 0 aliphatic heterocycles. The van der Waals surface area contributed by atoms with Crippen LogP contribution in [0.3, 0.4) is 0 Å². The third-order valence-corrected chi connectivity index (χ3v) is 6.31. The first-order valence-corrected chi connectivity index (χ1v) is 10.0. The fourth-order valence-corrected chi connectivity index (χ4v) is 5.05. The van der Waals surface area contributed by atoms with Crippen molar-refractivity contribution in [3.8, 4) is 0 Å². The van der Waals surface area contributed by atoms with Gasteiger partial charge in [-0.05, 0) is 55.0 Å². The molecule has 0 saturated heterocycles. The van der Waals surface area contributed by atoms with Gasteiger partial charge in [0, 0.05) is 18.3 Å². The average Bonchev–Trinajstić information content (AvgIpc) is 3.32. The van der Waals surface area contributed by atoms with Crippen molar-refractivity contribution in [1.29, 1.82) is 0 Å². The summed E-state index contributed by atoms with van der Waals surface area (Å²) in [6.45, 7) is 1.64. The highest BCUT2D eigenvalue weighted by Gasteiger charge is 2.32. The summed E-state index contributed by atoms with van der Waals surface area (Å²) >= 11 is 12.0. The van der Waals surface area contributed by atoms with Gasteiger partial charge in [0.25, 0.3) is 10.0 Å². The van der Waals surface area contributed by atoms with Crippen molar-refractivity contribution < 1.29 is 13.2 Å². The monoisotopic (exact) mass is 400 g/mol. The van der Waals surface area contributed by atoms with Crippen LogP contribution in [0.5, 0.6) is 0 Å². The molecule has 1 unspecified atom stereocenters. The third-order valence-electron chi connectivity index (χ3n) is 4.12. The van der Waals surface area contributed by atoms with Gasteiger partial charge in [-0.1, -0.05) is 29.3 Å². The molecule has 1 aromatic carbocycles. The fraction of sp³-hybridized carbons (Fsp3) is 0.353. The molecule has 25 heavy (non-hydrogen) atoms. The molecule has 3 rings (SSSR count). The van der Waals surface area contributed by atoms with Gasteiger partial charge in [-0.25, -0.2) is 13.4 Å². The summed E-state index contributed by atoms with van der Waals surface area (Å²) in [5.41, 5.74) is 1.41. The maximum absolute atomic E-state index is 12.6. The predicted octanol–water partition coefficient (Wildman–Crippen LogP) is 4.60. The predicted molar refractivity (Wildman–Crippen MR) is 98.7 cm³/mol. The normalized spacial score (nSPS) is 15.8. The molecule has 0 bridgehead atoms. The first-order valence-electron chi connectivity index (χ1n) is 7.79. The number of nitrogens with one attached hydrogen (secondary N) is 1. The Bertz CT molecular complexity index is 858. The van der Waals surface area contributed by atoms with Crippen molar-refractivity contribution in [1.82, 2.24) is 4.98 Å². The lowest BCUT2D eigenvalue weighted by molar-refractivity contribution is 0.0843. The minimum Gasteiger partial charge on any atom is -0.376 e. The average molecular weight is 401 g/mol. The summed E-state index contributed by atoms with van der Waals surface area (Å²) in [7, 11) is -2.20. The van der Waals surface area contributed by atoms with Gasteiger partial charge < -0.3 is 4.74 Å². The first-order chi connectivity index (χ1) is 11.8. The molecule has 2 aromatic rings. The largest absolute Gasteiger partial charge is 0.376 e. The number of ether oxygens (including phenoxy) is 1. The highest BCUT2D eigenvalue weighted by molar-refractivity contribution is 7.92. The number of aryl methyl sites for hydroxylation is 1. The minimum absolute atomic E-state index is 0.00260. The molecular formula is C17H18Cl2N2O3S. The van der Waals surface area contributed by atoms with E-state index < -0.39 is 10.0 Å². The fourth-order valence-electron chi connectivity index (χ4n) is 2.85. The van der Waals surface area contributed by atoms with Crippen LogP contribution in [-0.4, -0.2) is 20.5 Å². The highest BCUT2D eigenvalue weighted by atomic mass is 35.5. The van der Waals surface area contributed by atoms with E-state index in [2.05, 4.69) is 9.71 Å². The Morgan fingerprint density at radius 1 is 1.28 bits per heavy atom. The third kappa shape index (κ3) is 4.08. The molecule has 1 aliphatic rings. The summed E-state index contributed by atoms with van der Waals surface area (Å²) in [4.78, 5) is 4.20. The second kappa shape index (κ2) is 7.11. The van der Waals surface area contributed by atoms with Crippen LogP contribution in [-0.2, 0) is 14.8 Å². The maximum Gasteiger partial charge on any atom is 0.264 e. The van der Waals surface area contributed by atoms with Crippen molar-refractivity contribution in [2.24, 2.45) is 5.92 Å². The Labute approximate surface area is 157 Å². The molecule has 0 amide bonds. The molecule has 5 nitrogen and oxygen atoms in total. The second-order valence-corrected chi connectivity index (χ2v) is 8.57. The first kappa shape index (κ1) is 18.5. The Balaban J connectivity index is 1.84. The quantitative estimate of drug-likeness (QED) is 0.769. The SMILES string of the molecule is COC(c1ccc(NS(=O)(=O)c2c(C)cc(Cl)cc2Cl)nc1)C1CC1. The van der Waals surface area contributed by atoms with E-state index in [4.69, 9.17) is 27.9 Å². The van der Waals surface area contributed by atoms with Crippen LogP contribution in [0.25, 0.3) is 0 Å². The molecule has 0 radical (unpaired) electrons. The number of sulfonamides is 1. The van der Waals surface area contributed by atoms with Gasteiger partial charge in [0.15, 0.2) is 0 Å². The van der Waals surface area contributed by atoms with E-state index in [1.54, 1.807) is 32.4 Å². The van der Waals surface area contributed by atoms with Crippen LogP contribution < -0.4 is 4.72 Å². The summed E-state index contributed by atoms with van der Waals surface area (Å²) < 4.78 is 33.3. The zero-order chi connectivity index (χ0) is 18.2. The van der Waals surface area contributed by atoms with Crippen molar-refractivity contribution in [3.05, 3.63) is 51.6 Å². The van der Waals surface area contributed by atoms with Crippen LogP contribution in [0.2, 0.25) is 10.0 Å². The summed E-state index contributed by atoms with van der Waals surface area (Å²) in [6, 6.07) is 6.41. The molecule has 1 N–H and O–H groups in total. The van der Waals surface area contributed by atoms with Crippen LogP contribution in [0, 0.1) is 12.8 Å². The molecule has 134 valence electrons. The lowest BCUT2D eigenvalue weighted by Crippen LogP contribution is -2.16. The number of rotatable bonds is 6. The number of aromatic nitrogens is 1. The zero-order valence-electron chi connectivity index (χ0n) is 13.8. The van der Waals surface area contributed by atoms with E-state index in [9.17, 15) is 8.42 Å². The van der Waals surface area contributed by atoms with Crippen molar-refractivity contribution in [2.45, 2.75) is 30.8 Å². The van der Waals surface area contributed by atoms with Gasteiger partial charge in [-0.3, -0.25) is 4.72 Å². The Morgan fingerprint density at radius 2 is 2.00 bits per heavy atom.